The smallest absolute Gasteiger partial charge is 0.333 e. The molecule has 2 aliphatic carbocycles. The van der Waals surface area contributed by atoms with E-state index in [1.165, 1.54) is 0 Å². The summed E-state index contributed by atoms with van der Waals surface area (Å²) in [4.78, 5) is 25.7. The summed E-state index contributed by atoms with van der Waals surface area (Å²) >= 11 is 0. The van der Waals surface area contributed by atoms with Gasteiger partial charge in [0, 0.05) is 16.9 Å². The second-order valence-corrected chi connectivity index (χ2v) is 10.7. The van der Waals surface area contributed by atoms with Crippen LogP contribution >= 0.6 is 0 Å². The molecule has 3 rings (SSSR count). The summed E-state index contributed by atoms with van der Waals surface area (Å²) in [7, 11) is 0. The average Bonchev–Trinajstić information content (AvgIpc) is 3.12. The Hall–Kier alpha value is -1.66. The number of aliphatic hydroxyl groups excluding tert-OH is 1. The second-order valence-electron chi connectivity index (χ2n) is 10.7. The third-order valence-corrected chi connectivity index (χ3v) is 8.22. The molecule has 1 saturated carbocycles. The monoisotopic (exact) mass is 448 g/mol. The first kappa shape index (κ1) is 25.0. The van der Waals surface area contributed by atoms with Gasteiger partial charge in [0.2, 0.25) is 0 Å². The van der Waals surface area contributed by atoms with Crippen LogP contribution in [0.15, 0.2) is 23.3 Å². The van der Waals surface area contributed by atoms with Gasteiger partial charge in [-0.15, -0.1) is 0 Å². The highest BCUT2D eigenvalue weighted by Gasteiger charge is 2.63. The van der Waals surface area contributed by atoms with Crippen LogP contribution in [0.1, 0.15) is 74.1 Å². The van der Waals surface area contributed by atoms with Crippen LogP contribution in [0.4, 0.5) is 0 Å². The molecule has 0 spiro atoms. The lowest BCUT2D eigenvalue weighted by Crippen LogP contribution is -2.62. The van der Waals surface area contributed by atoms with Crippen molar-refractivity contribution in [3.63, 3.8) is 0 Å². The molecule has 0 amide bonds. The largest absolute Gasteiger partial charge is 0.458 e. The van der Waals surface area contributed by atoms with E-state index in [9.17, 15) is 14.7 Å². The number of ether oxygens (including phenoxy) is 3. The van der Waals surface area contributed by atoms with Crippen LogP contribution in [0.25, 0.3) is 0 Å². The number of hydrogen-bond acceptors (Lipinski definition) is 6. The Labute approximate surface area is 192 Å². The lowest BCUT2D eigenvalue weighted by Gasteiger charge is -2.59. The van der Waals surface area contributed by atoms with Gasteiger partial charge in [0.05, 0.1) is 12.5 Å². The van der Waals surface area contributed by atoms with Crippen LogP contribution in [-0.2, 0) is 23.8 Å². The molecule has 0 bridgehead atoms. The fourth-order valence-electron chi connectivity index (χ4n) is 6.35. The van der Waals surface area contributed by atoms with Gasteiger partial charge >= 0.3 is 11.9 Å². The van der Waals surface area contributed by atoms with Crippen LogP contribution in [0.2, 0.25) is 0 Å². The van der Waals surface area contributed by atoms with E-state index in [0.717, 1.165) is 24.8 Å². The second kappa shape index (κ2) is 9.30. The Morgan fingerprint density at radius 2 is 2.00 bits per heavy atom. The van der Waals surface area contributed by atoms with Crippen molar-refractivity contribution in [1.82, 2.24) is 0 Å². The molecule has 3 aliphatic rings. The minimum atomic E-state index is -0.873. The number of fused-ring (bicyclic) bond motifs is 3. The van der Waals surface area contributed by atoms with Gasteiger partial charge in [-0.2, -0.15) is 0 Å². The van der Waals surface area contributed by atoms with Crippen molar-refractivity contribution in [2.75, 3.05) is 6.61 Å². The van der Waals surface area contributed by atoms with Crippen molar-refractivity contribution >= 4 is 11.9 Å². The van der Waals surface area contributed by atoms with Crippen LogP contribution in [0.3, 0.4) is 0 Å². The SMILES string of the molecule is C/C=C(/C)C(=O)O[C@@H]1C[C@]2(C)[C@@H]3C(=CC[C@H]2C(C)(C)[C@H]1OC(=O)[C@H](C)CCC)CO[C@H]3O. The van der Waals surface area contributed by atoms with Crippen LogP contribution in [0, 0.1) is 28.6 Å². The minimum absolute atomic E-state index is 0.136. The first-order chi connectivity index (χ1) is 15.0. The fraction of sp³-hybridized carbons (Fsp3) is 0.769. The van der Waals surface area contributed by atoms with E-state index < -0.39 is 29.9 Å². The lowest BCUT2D eigenvalue weighted by molar-refractivity contribution is -0.223. The third-order valence-electron chi connectivity index (χ3n) is 8.22. The Bertz CT molecular complexity index is 796. The van der Waals surface area contributed by atoms with Gasteiger partial charge < -0.3 is 19.3 Å². The van der Waals surface area contributed by atoms with Crippen LogP contribution in [0.5, 0.6) is 0 Å². The molecule has 0 radical (unpaired) electrons. The molecular formula is C26H40O6. The highest BCUT2D eigenvalue weighted by molar-refractivity contribution is 5.87. The van der Waals surface area contributed by atoms with Crippen molar-refractivity contribution in [1.29, 1.82) is 0 Å². The van der Waals surface area contributed by atoms with Crippen molar-refractivity contribution in [2.45, 2.75) is 92.6 Å². The van der Waals surface area contributed by atoms with Gasteiger partial charge in [0.1, 0.15) is 12.2 Å². The number of esters is 2. The molecule has 0 unspecified atom stereocenters. The highest BCUT2D eigenvalue weighted by Crippen LogP contribution is 2.62. The molecule has 7 atom stereocenters. The predicted molar refractivity (Wildman–Crippen MR) is 121 cm³/mol. The quantitative estimate of drug-likeness (QED) is 0.364. The summed E-state index contributed by atoms with van der Waals surface area (Å²) in [6.45, 7) is 14.3. The van der Waals surface area contributed by atoms with Crippen molar-refractivity contribution in [3.05, 3.63) is 23.3 Å². The first-order valence-corrected chi connectivity index (χ1v) is 12.0. The van der Waals surface area contributed by atoms with Gasteiger partial charge in [-0.3, -0.25) is 4.79 Å². The Morgan fingerprint density at radius 1 is 1.31 bits per heavy atom. The molecule has 0 aromatic rings. The summed E-state index contributed by atoms with van der Waals surface area (Å²) in [5.41, 5.74) is 0.825. The Balaban J connectivity index is 1.99. The Kier molecular flexibility index (Phi) is 7.26. The van der Waals surface area contributed by atoms with Crippen LogP contribution in [-0.4, -0.2) is 42.1 Å². The molecule has 1 saturated heterocycles. The predicted octanol–water partition coefficient (Wildman–Crippen LogP) is 4.56. The van der Waals surface area contributed by atoms with E-state index in [1.807, 2.05) is 13.8 Å². The van der Waals surface area contributed by atoms with Gasteiger partial charge in [0.25, 0.3) is 0 Å². The van der Waals surface area contributed by atoms with E-state index in [1.54, 1.807) is 19.9 Å². The van der Waals surface area contributed by atoms with E-state index in [-0.39, 0.29) is 29.1 Å². The molecule has 1 aliphatic heterocycles. The normalized spacial score (nSPS) is 37.1. The maximum absolute atomic E-state index is 12.9. The number of carbonyl (C=O) groups excluding carboxylic acids is 2. The molecule has 32 heavy (non-hydrogen) atoms. The number of hydrogen-bond donors (Lipinski definition) is 1. The van der Waals surface area contributed by atoms with E-state index >= 15 is 0 Å². The number of allylic oxidation sites excluding steroid dienone is 2. The summed E-state index contributed by atoms with van der Waals surface area (Å²) in [5.74, 6) is -0.862. The zero-order chi connectivity index (χ0) is 23.8. The number of carbonyl (C=O) groups is 2. The molecular weight excluding hydrogens is 408 g/mol. The van der Waals surface area contributed by atoms with Crippen molar-refractivity contribution in [3.8, 4) is 0 Å². The van der Waals surface area contributed by atoms with Crippen molar-refractivity contribution in [2.24, 2.45) is 28.6 Å². The molecule has 0 aromatic carbocycles. The standard InChI is InChI=1S/C26H40O6/c1-8-10-16(4)23(28)32-21-18(31-22(27)15(3)9-2)13-26(7)19(25(21,5)6)12-11-17-14-30-24(29)20(17)26/h9,11,16,18-21,24,29H,8,10,12-14H2,1-7H3/b15-9-/t16-,18-,19+,20-,21+,24-,26+/m1/s1. The summed E-state index contributed by atoms with van der Waals surface area (Å²) in [5, 5.41) is 10.7. The fourth-order valence-corrected chi connectivity index (χ4v) is 6.35. The first-order valence-electron chi connectivity index (χ1n) is 12.0. The van der Waals surface area contributed by atoms with Gasteiger partial charge in [0.15, 0.2) is 6.29 Å². The van der Waals surface area contributed by atoms with Gasteiger partial charge in [-0.1, -0.05) is 53.2 Å². The van der Waals surface area contributed by atoms with E-state index in [4.69, 9.17) is 14.2 Å². The third kappa shape index (κ3) is 4.28. The number of rotatable bonds is 6. The summed E-state index contributed by atoms with van der Waals surface area (Å²) < 4.78 is 17.7. The average molecular weight is 449 g/mol. The molecule has 1 N–H and O–H groups in total. The highest BCUT2D eigenvalue weighted by atomic mass is 16.6. The molecule has 180 valence electrons. The zero-order valence-electron chi connectivity index (χ0n) is 20.6. The van der Waals surface area contributed by atoms with Gasteiger partial charge in [-0.25, -0.2) is 4.79 Å². The lowest BCUT2D eigenvalue weighted by atomic mass is 9.47. The zero-order valence-corrected chi connectivity index (χ0v) is 20.6. The van der Waals surface area contributed by atoms with E-state index in [0.29, 0.717) is 18.6 Å². The molecule has 6 nitrogen and oxygen atoms in total. The summed E-state index contributed by atoms with van der Waals surface area (Å²) in [6, 6.07) is 0. The van der Waals surface area contributed by atoms with Crippen LogP contribution < -0.4 is 0 Å². The maximum atomic E-state index is 12.9. The topological polar surface area (TPSA) is 82.1 Å². The molecule has 0 aromatic heterocycles. The maximum Gasteiger partial charge on any atom is 0.333 e. The minimum Gasteiger partial charge on any atom is -0.458 e. The van der Waals surface area contributed by atoms with Gasteiger partial charge in [-0.05, 0) is 50.0 Å². The molecule has 6 heteroatoms. The molecule has 1 heterocycles. The molecule has 2 fully saturated rings. The van der Waals surface area contributed by atoms with Crippen molar-refractivity contribution < 1.29 is 28.9 Å². The van der Waals surface area contributed by atoms with E-state index in [2.05, 4.69) is 26.8 Å². The number of aliphatic hydroxyl groups is 1. The Morgan fingerprint density at radius 3 is 2.62 bits per heavy atom. The summed E-state index contributed by atoms with van der Waals surface area (Å²) in [6.07, 6.45) is 4.86.